The Bertz CT molecular complexity index is 726. The third-order valence-corrected chi connectivity index (χ3v) is 3.12. The van der Waals surface area contributed by atoms with Crippen molar-refractivity contribution in [1.82, 2.24) is 0 Å². The fourth-order valence-corrected chi connectivity index (χ4v) is 1.96. The van der Waals surface area contributed by atoms with Crippen LogP contribution in [0, 0.1) is 0 Å². The Morgan fingerprint density at radius 2 is 1.67 bits per heavy atom. The van der Waals surface area contributed by atoms with Crippen LogP contribution in [0.1, 0.15) is 10.4 Å². The van der Waals surface area contributed by atoms with Crippen LogP contribution >= 0.6 is 0 Å². The summed E-state index contributed by atoms with van der Waals surface area (Å²) in [5, 5.41) is 11.3. The fourth-order valence-electron chi connectivity index (χ4n) is 1.96. The molecule has 2 aromatic carbocycles. The molecule has 0 atom stereocenters. The first-order chi connectivity index (χ1) is 11.5. The van der Waals surface area contributed by atoms with Crippen LogP contribution in [0.25, 0.3) is 0 Å². The van der Waals surface area contributed by atoms with Gasteiger partial charge in [0.15, 0.2) is 18.1 Å². The first-order valence-electron chi connectivity index (χ1n) is 7.01. The zero-order chi connectivity index (χ0) is 17.5. The monoisotopic (exact) mass is 331 g/mol. The van der Waals surface area contributed by atoms with Gasteiger partial charge < -0.3 is 24.6 Å². The van der Waals surface area contributed by atoms with Crippen LogP contribution in [0.5, 0.6) is 17.2 Å². The normalized spacial score (nSPS) is 9.92. The lowest BCUT2D eigenvalue weighted by Gasteiger charge is -2.10. The number of nitrogens with one attached hydrogen (secondary N) is 1. The number of hydrogen-bond acceptors (Lipinski definition) is 5. The minimum absolute atomic E-state index is 0.310. The summed E-state index contributed by atoms with van der Waals surface area (Å²) in [4.78, 5) is 22.7. The van der Waals surface area contributed by atoms with Crippen LogP contribution in [0.3, 0.4) is 0 Å². The zero-order valence-corrected chi connectivity index (χ0v) is 13.2. The molecular weight excluding hydrogens is 314 g/mol. The Balaban J connectivity index is 2.05. The highest BCUT2D eigenvalue weighted by Crippen LogP contribution is 2.28. The number of hydrogen-bond donors (Lipinski definition) is 2. The van der Waals surface area contributed by atoms with Crippen molar-refractivity contribution in [3.63, 3.8) is 0 Å². The summed E-state index contributed by atoms with van der Waals surface area (Å²) in [6, 6.07) is 11.3. The van der Waals surface area contributed by atoms with E-state index in [4.69, 9.17) is 19.3 Å². The van der Waals surface area contributed by atoms with Crippen molar-refractivity contribution in [2.24, 2.45) is 0 Å². The molecule has 2 aromatic rings. The Morgan fingerprint density at radius 3 is 2.25 bits per heavy atom. The number of ether oxygens (including phenoxy) is 3. The molecule has 0 saturated carbocycles. The van der Waals surface area contributed by atoms with Gasteiger partial charge in [0.25, 0.3) is 5.91 Å². The molecule has 0 bridgehead atoms. The van der Waals surface area contributed by atoms with Gasteiger partial charge in [-0.2, -0.15) is 0 Å². The van der Waals surface area contributed by atoms with Crippen molar-refractivity contribution in [2.45, 2.75) is 0 Å². The van der Waals surface area contributed by atoms with Crippen molar-refractivity contribution in [2.75, 3.05) is 26.1 Å². The van der Waals surface area contributed by atoms with Crippen molar-refractivity contribution < 1.29 is 28.9 Å². The zero-order valence-electron chi connectivity index (χ0n) is 13.2. The van der Waals surface area contributed by atoms with Crippen molar-refractivity contribution in [1.29, 1.82) is 0 Å². The summed E-state index contributed by atoms with van der Waals surface area (Å²) < 4.78 is 15.3. The largest absolute Gasteiger partial charge is 0.493 e. The standard InChI is InChI=1S/C17H17NO6/c1-22-14-8-3-11(9-15(14)23-2)17(21)18-12-4-6-13(7-5-12)24-10-16(19)20/h3-9H,10H2,1-2H3,(H,18,21)(H,19,20). The van der Waals surface area contributed by atoms with Gasteiger partial charge in [0.1, 0.15) is 5.75 Å². The number of rotatable bonds is 7. The van der Waals surface area contributed by atoms with E-state index in [9.17, 15) is 9.59 Å². The Kier molecular flexibility index (Phi) is 5.62. The van der Waals surface area contributed by atoms with Gasteiger partial charge in [0, 0.05) is 11.3 Å². The number of carbonyl (C=O) groups is 2. The molecule has 0 aliphatic rings. The first kappa shape index (κ1) is 17.1. The molecule has 7 nitrogen and oxygen atoms in total. The molecule has 2 rings (SSSR count). The molecule has 126 valence electrons. The number of carboxylic acid groups (broad SMARTS) is 1. The van der Waals surface area contributed by atoms with Gasteiger partial charge in [-0.1, -0.05) is 0 Å². The summed E-state index contributed by atoms with van der Waals surface area (Å²) in [5.41, 5.74) is 0.969. The SMILES string of the molecule is COc1ccc(C(=O)Nc2ccc(OCC(=O)O)cc2)cc1OC. The summed E-state index contributed by atoms with van der Waals surface area (Å²) in [7, 11) is 3.01. The number of aliphatic carboxylic acids is 1. The van der Waals surface area contributed by atoms with Crippen molar-refractivity contribution >= 4 is 17.6 Å². The quantitative estimate of drug-likeness (QED) is 0.809. The average molecular weight is 331 g/mol. The molecule has 0 aliphatic heterocycles. The minimum Gasteiger partial charge on any atom is -0.493 e. The highest BCUT2D eigenvalue weighted by molar-refractivity contribution is 6.04. The van der Waals surface area contributed by atoms with Gasteiger partial charge in [-0.25, -0.2) is 4.79 Å². The van der Waals surface area contributed by atoms with E-state index in [2.05, 4.69) is 5.32 Å². The van der Waals surface area contributed by atoms with Gasteiger partial charge in [-0.15, -0.1) is 0 Å². The molecular formula is C17H17NO6. The topological polar surface area (TPSA) is 94.1 Å². The third-order valence-electron chi connectivity index (χ3n) is 3.12. The van der Waals surface area contributed by atoms with Crippen LogP contribution < -0.4 is 19.5 Å². The predicted octanol–water partition coefficient (Wildman–Crippen LogP) is 2.42. The Hall–Kier alpha value is -3.22. The lowest BCUT2D eigenvalue weighted by molar-refractivity contribution is -0.139. The number of amides is 1. The lowest BCUT2D eigenvalue weighted by atomic mass is 10.2. The van der Waals surface area contributed by atoms with E-state index in [0.717, 1.165) is 0 Å². The number of carboxylic acids is 1. The number of benzene rings is 2. The molecule has 24 heavy (non-hydrogen) atoms. The van der Waals surface area contributed by atoms with Crippen LogP contribution in [0.4, 0.5) is 5.69 Å². The molecule has 0 aliphatic carbocycles. The van der Waals surface area contributed by atoms with Gasteiger partial charge in [-0.3, -0.25) is 4.79 Å². The fraction of sp³-hybridized carbons (Fsp3) is 0.176. The van der Waals surface area contributed by atoms with Crippen LogP contribution in [-0.2, 0) is 4.79 Å². The maximum atomic E-state index is 12.3. The van der Waals surface area contributed by atoms with E-state index in [-0.39, 0.29) is 5.91 Å². The van der Waals surface area contributed by atoms with E-state index in [1.54, 1.807) is 42.5 Å². The average Bonchev–Trinajstić information content (AvgIpc) is 2.60. The number of methoxy groups -OCH3 is 2. The first-order valence-corrected chi connectivity index (χ1v) is 7.01. The van der Waals surface area contributed by atoms with Gasteiger partial charge in [0.2, 0.25) is 0 Å². The second-order valence-corrected chi connectivity index (χ2v) is 4.73. The Morgan fingerprint density at radius 1 is 1.00 bits per heavy atom. The molecule has 0 saturated heterocycles. The molecule has 0 unspecified atom stereocenters. The predicted molar refractivity (Wildman–Crippen MR) is 87.1 cm³/mol. The summed E-state index contributed by atoms with van der Waals surface area (Å²) in [6.45, 7) is -0.419. The lowest BCUT2D eigenvalue weighted by Crippen LogP contribution is -2.12. The van der Waals surface area contributed by atoms with E-state index in [0.29, 0.717) is 28.5 Å². The van der Waals surface area contributed by atoms with Gasteiger partial charge in [-0.05, 0) is 42.5 Å². The smallest absolute Gasteiger partial charge is 0.341 e. The molecule has 0 spiro atoms. The highest BCUT2D eigenvalue weighted by atomic mass is 16.5. The van der Waals surface area contributed by atoms with Gasteiger partial charge in [0.05, 0.1) is 14.2 Å². The van der Waals surface area contributed by atoms with E-state index < -0.39 is 12.6 Å². The second kappa shape index (κ2) is 7.87. The second-order valence-electron chi connectivity index (χ2n) is 4.73. The van der Waals surface area contributed by atoms with E-state index in [1.807, 2.05) is 0 Å². The molecule has 0 heterocycles. The van der Waals surface area contributed by atoms with Crippen LogP contribution in [-0.4, -0.2) is 37.8 Å². The molecule has 0 fully saturated rings. The molecule has 1 amide bonds. The van der Waals surface area contributed by atoms with Crippen molar-refractivity contribution in [3.8, 4) is 17.2 Å². The maximum absolute atomic E-state index is 12.3. The number of anilines is 1. The maximum Gasteiger partial charge on any atom is 0.341 e. The molecule has 7 heteroatoms. The Labute approximate surface area is 138 Å². The summed E-state index contributed by atoms with van der Waals surface area (Å²) in [5.74, 6) is 0.0362. The minimum atomic E-state index is -1.05. The molecule has 0 radical (unpaired) electrons. The van der Waals surface area contributed by atoms with E-state index in [1.165, 1.54) is 14.2 Å². The molecule has 0 aromatic heterocycles. The van der Waals surface area contributed by atoms with Crippen LogP contribution in [0.2, 0.25) is 0 Å². The van der Waals surface area contributed by atoms with Gasteiger partial charge >= 0.3 is 5.97 Å². The summed E-state index contributed by atoms with van der Waals surface area (Å²) in [6.07, 6.45) is 0. The molecule has 2 N–H and O–H groups in total. The van der Waals surface area contributed by atoms with E-state index >= 15 is 0 Å². The summed E-state index contributed by atoms with van der Waals surface area (Å²) >= 11 is 0. The van der Waals surface area contributed by atoms with Crippen LogP contribution in [0.15, 0.2) is 42.5 Å². The van der Waals surface area contributed by atoms with Crippen molar-refractivity contribution in [3.05, 3.63) is 48.0 Å². The highest BCUT2D eigenvalue weighted by Gasteiger charge is 2.11. The number of carbonyl (C=O) groups excluding carboxylic acids is 1. The third kappa shape index (κ3) is 4.39.